The third kappa shape index (κ3) is 2.95. The van der Waals surface area contributed by atoms with Crippen LogP contribution in [0.4, 0.5) is 11.9 Å². The standard InChI is InChI=1S/C10H16ClN5O/c1-10(17)4-3-5-16(6-10)9-14-7(11)13-8(12-2)15-9/h17H,3-6H2,1-2H3,(H,12,13,14,15). The van der Waals surface area contributed by atoms with Crippen LogP contribution in [0.2, 0.25) is 5.28 Å². The number of β-amino-alcohol motifs (C(OH)–C–C–N with tert-alkyl or cyclic N) is 1. The molecule has 1 atom stereocenters. The molecule has 2 heterocycles. The zero-order valence-electron chi connectivity index (χ0n) is 9.94. The van der Waals surface area contributed by atoms with Crippen molar-refractivity contribution in [2.45, 2.75) is 25.4 Å². The molecule has 1 aromatic rings. The quantitative estimate of drug-likeness (QED) is 0.821. The largest absolute Gasteiger partial charge is 0.388 e. The van der Waals surface area contributed by atoms with Gasteiger partial charge in [-0.25, -0.2) is 0 Å². The molecule has 0 amide bonds. The molecule has 1 aliphatic heterocycles. The second kappa shape index (κ2) is 4.62. The Kier molecular flexibility index (Phi) is 3.35. The van der Waals surface area contributed by atoms with Gasteiger partial charge < -0.3 is 15.3 Å². The van der Waals surface area contributed by atoms with Gasteiger partial charge in [0.05, 0.1) is 5.60 Å². The molecule has 6 nitrogen and oxygen atoms in total. The molecule has 2 N–H and O–H groups in total. The number of rotatable bonds is 2. The molecular weight excluding hydrogens is 242 g/mol. The van der Waals surface area contributed by atoms with Crippen LogP contribution in [0.5, 0.6) is 0 Å². The van der Waals surface area contributed by atoms with Gasteiger partial charge in [0, 0.05) is 20.1 Å². The molecule has 0 bridgehead atoms. The topological polar surface area (TPSA) is 74.2 Å². The number of hydrogen-bond acceptors (Lipinski definition) is 6. The second-order valence-electron chi connectivity index (χ2n) is 4.50. The van der Waals surface area contributed by atoms with Crippen molar-refractivity contribution in [3.8, 4) is 0 Å². The van der Waals surface area contributed by atoms with E-state index in [9.17, 15) is 5.11 Å². The van der Waals surface area contributed by atoms with Crippen LogP contribution in [-0.4, -0.2) is 45.8 Å². The fraction of sp³-hybridized carbons (Fsp3) is 0.700. The Hall–Kier alpha value is -1.14. The Labute approximate surface area is 105 Å². The van der Waals surface area contributed by atoms with E-state index in [0.29, 0.717) is 18.4 Å². The van der Waals surface area contributed by atoms with Gasteiger partial charge >= 0.3 is 0 Å². The van der Waals surface area contributed by atoms with Gasteiger partial charge in [-0.3, -0.25) is 0 Å². The minimum Gasteiger partial charge on any atom is -0.388 e. The van der Waals surface area contributed by atoms with E-state index < -0.39 is 5.60 Å². The van der Waals surface area contributed by atoms with E-state index in [1.54, 1.807) is 7.05 Å². The highest BCUT2D eigenvalue weighted by atomic mass is 35.5. The average Bonchev–Trinajstić information content (AvgIpc) is 2.27. The molecule has 17 heavy (non-hydrogen) atoms. The minimum absolute atomic E-state index is 0.157. The van der Waals surface area contributed by atoms with Crippen molar-refractivity contribution in [3.63, 3.8) is 0 Å². The average molecular weight is 258 g/mol. The molecular formula is C10H16ClN5O. The molecule has 0 radical (unpaired) electrons. The number of nitrogens with zero attached hydrogens (tertiary/aromatic N) is 4. The normalized spacial score (nSPS) is 24.8. The molecule has 2 rings (SSSR count). The first-order valence-electron chi connectivity index (χ1n) is 5.57. The van der Waals surface area contributed by atoms with E-state index >= 15 is 0 Å². The van der Waals surface area contributed by atoms with Gasteiger partial charge in [-0.1, -0.05) is 0 Å². The molecule has 0 aliphatic carbocycles. The van der Waals surface area contributed by atoms with Gasteiger partial charge in [0.15, 0.2) is 0 Å². The summed E-state index contributed by atoms with van der Waals surface area (Å²) < 4.78 is 0. The molecule has 1 unspecified atom stereocenters. The van der Waals surface area contributed by atoms with E-state index in [0.717, 1.165) is 19.4 Å². The predicted octanol–water partition coefficient (Wildman–Crippen LogP) is 0.918. The predicted molar refractivity (Wildman–Crippen MR) is 66.5 cm³/mol. The number of aliphatic hydroxyl groups is 1. The number of nitrogens with one attached hydrogen (secondary N) is 1. The third-order valence-corrected chi connectivity index (χ3v) is 2.95. The molecule has 1 saturated heterocycles. The third-order valence-electron chi connectivity index (χ3n) is 2.78. The fourth-order valence-electron chi connectivity index (χ4n) is 1.98. The number of piperidine rings is 1. The Bertz CT molecular complexity index is 412. The summed E-state index contributed by atoms with van der Waals surface area (Å²) in [7, 11) is 1.72. The first-order chi connectivity index (χ1) is 8.00. The lowest BCUT2D eigenvalue weighted by molar-refractivity contribution is 0.0444. The smallest absolute Gasteiger partial charge is 0.231 e. The Morgan fingerprint density at radius 2 is 2.18 bits per heavy atom. The van der Waals surface area contributed by atoms with Crippen LogP contribution in [-0.2, 0) is 0 Å². The monoisotopic (exact) mass is 257 g/mol. The number of anilines is 2. The molecule has 0 aromatic carbocycles. The summed E-state index contributed by atoms with van der Waals surface area (Å²) in [6.07, 6.45) is 1.70. The van der Waals surface area contributed by atoms with Crippen molar-refractivity contribution >= 4 is 23.5 Å². The Morgan fingerprint density at radius 1 is 1.41 bits per heavy atom. The maximum Gasteiger partial charge on any atom is 0.231 e. The summed E-state index contributed by atoms with van der Waals surface area (Å²) in [5.74, 6) is 0.944. The highest BCUT2D eigenvalue weighted by Crippen LogP contribution is 2.24. The van der Waals surface area contributed by atoms with E-state index in [1.807, 2.05) is 11.8 Å². The van der Waals surface area contributed by atoms with Gasteiger partial charge in [-0.15, -0.1) is 0 Å². The van der Waals surface area contributed by atoms with Crippen molar-refractivity contribution < 1.29 is 5.11 Å². The summed E-state index contributed by atoms with van der Waals surface area (Å²) in [6, 6.07) is 0. The van der Waals surface area contributed by atoms with Gasteiger partial charge in [0.2, 0.25) is 17.2 Å². The highest BCUT2D eigenvalue weighted by Gasteiger charge is 2.30. The lowest BCUT2D eigenvalue weighted by atomic mass is 9.95. The Balaban J connectivity index is 2.24. The molecule has 1 aliphatic rings. The van der Waals surface area contributed by atoms with Crippen LogP contribution < -0.4 is 10.2 Å². The molecule has 94 valence electrons. The van der Waals surface area contributed by atoms with E-state index in [4.69, 9.17) is 11.6 Å². The number of hydrogen-bond donors (Lipinski definition) is 2. The van der Waals surface area contributed by atoms with Crippen molar-refractivity contribution in [2.75, 3.05) is 30.4 Å². The van der Waals surface area contributed by atoms with E-state index in [2.05, 4.69) is 20.3 Å². The fourth-order valence-corrected chi connectivity index (χ4v) is 2.14. The van der Waals surface area contributed by atoms with Crippen molar-refractivity contribution in [2.24, 2.45) is 0 Å². The summed E-state index contributed by atoms with van der Waals surface area (Å²) in [5, 5.41) is 13.0. The van der Waals surface area contributed by atoms with Crippen LogP contribution in [0.1, 0.15) is 19.8 Å². The zero-order chi connectivity index (χ0) is 12.5. The van der Waals surface area contributed by atoms with Crippen molar-refractivity contribution in [3.05, 3.63) is 5.28 Å². The van der Waals surface area contributed by atoms with Crippen LogP contribution in [0.3, 0.4) is 0 Å². The first kappa shape index (κ1) is 12.3. The second-order valence-corrected chi connectivity index (χ2v) is 4.84. The Morgan fingerprint density at radius 3 is 2.82 bits per heavy atom. The summed E-state index contributed by atoms with van der Waals surface area (Å²) >= 11 is 5.83. The van der Waals surface area contributed by atoms with Crippen LogP contribution in [0, 0.1) is 0 Å². The molecule has 7 heteroatoms. The summed E-state index contributed by atoms with van der Waals surface area (Å²) in [5.41, 5.74) is -0.697. The summed E-state index contributed by atoms with van der Waals surface area (Å²) in [4.78, 5) is 14.2. The van der Waals surface area contributed by atoms with Gasteiger partial charge in [0.1, 0.15) is 0 Å². The highest BCUT2D eigenvalue weighted by molar-refractivity contribution is 6.28. The van der Waals surface area contributed by atoms with Crippen LogP contribution in [0.15, 0.2) is 0 Å². The minimum atomic E-state index is -0.697. The van der Waals surface area contributed by atoms with E-state index in [-0.39, 0.29) is 5.28 Å². The lowest BCUT2D eigenvalue weighted by Crippen LogP contribution is -2.46. The number of aromatic nitrogens is 3. The maximum absolute atomic E-state index is 10.0. The maximum atomic E-state index is 10.0. The summed E-state index contributed by atoms with van der Waals surface area (Å²) in [6.45, 7) is 3.15. The lowest BCUT2D eigenvalue weighted by Gasteiger charge is -2.36. The van der Waals surface area contributed by atoms with E-state index in [1.165, 1.54) is 0 Å². The van der Waals surface area contributed by atoms with Crippen molar-refractivity contribution in [1.82, 2.24) is 15.0 Å². The van der Waals surface area contributed by atoms with Crippen LogP contribution in [0.25, 0.3) is 0 Å². The SMILES string of the molecule is CNc1nc(Cl)nc(N2CCCC(C)(O)C2)n1. The molecule has 0 spiro atoms. The first-order valence-corrected chi connectivity index (χ1v) is 5.95. The zero-order valence-corrected chi connectivity index (χ0v) is 10.7. The molecule has 1 aromatic heterocycles. The van der Waals surface area contributed by atoms with Gasteiger partial charge in [0.25, 0.3) is 0 Å². The number of halogens is 1. The van der Waals surface area contributed by atoms with Crippen molar-refractivity contribution in [1.29, 1.82) is 0 Å². The van der Waals surface area contributed by atoms with Gasteiger partial charge in [-0.05, 0) is 31.4 Å². The molecule has 0 saturated carbocycles. The van der Waals surface area contributed by atoms with Gasteiger partial charge in [-0.2, -0.15) is 15.0 Å². The molecule has 1 fully saturated rings. The van der Waals surface area contributed by atoms with Crippen LogP contribution >= 0.6 is 11.6 Å².